The Kier molecular flexibility index (Phi) is 9.71. The molecule has 1 atom stereocenters. The van der Waals surface area contributed by atoms with E-state index < -0.39 is 0 Å². The number of carbonyl (C=O) groups excluding carboxylic acids is 1. The minimum absolute atomic E-state index is 0. The Labute approximate surface area is 172 Å². The van der Waals surface area contributed by atoms with Gasteiger partial charge in [-0.1, -0.05) is 6.07 Å². The van der Waals surface area contributed by atoms with Crippen molar-refractivity contribution in [2.24, 2.45) is 10.9 Å². The number of carbonyl (C=O) groups is 1. The molecule has 0 saturated carbocycles. The molecule has 0 radical (unpaired) electrons. The third-order valence-electron chi connectivity index (χ3n) is 4.22. The molecule has 1 aliphatic rings. The molecular weight excluding hydrogens is 447 g/mol. The first-order valence-electron chi connectivity index (χ1n) is 8.46. The first-order valence-corrected chi connectivity index (χ1v) is 8.46. The van der Waals surface area contributed by atoms with Crippen molar-refractivity contribution in [3.05, 3.63) is 23.8 Å². The highest BCUT2D eigenvalue weighted by atomic mass is 127. The van der Waals surface area contributed by atoms with Crippen LogP contribution in [0.25, 0.3) is 0 Å². The number of aliphatic imine (C=N–C) groups is 1. The van der Waals surface area contributed by atoms with Crippen molar-refractivity contribution in [3.63, 3.8) is 0 Å². The lowest BCUT2D eigenvalue weighted by molar-refractivity contribution is -0.114. The number of benzene rings is 1. The van der Waals surface area contributed by atoms with E-state index >= 15 is 0 Å². The quantitative estimate of drug-likeness (QED) is 0.375. The van der Waals surface area contributed by atoms with Gasteiger partial charge in [0.05, 0.1) is 19.4 Å². The van der Waals surface area contributed by atoms with Crippen LogP contribution in [-0.2, 0) is 16.1 Å². The number of hydrogen-bond donors (Lipinski definition) is 2. The van der Waals surface area contributed by atoms with Crippen LogP contribution in [0.4, 0.5) is 5.69 Å². The zero-order valence-electron chi connectivity index (χ0n) is 15.9. The molecule has 0 bridgehead atoms. The van der Waals surface area contributed by atoms with Crippen LogP contribution in [0.1, 0.15) is 18.9 Å². The molecule has 1 aromatic carbocycles. The standard InChI is InChI=1S/C18H28N4O3.HI/c1-13(23)21-16-9-14(5-6-17(16)25-4)10-20-18(19-2)22-8-7-15(11-22)12-24-3;/h5-6,9,15H,7-8,10-12H2,1-4H3,(H,19,20)(H,21,23);1H. The van der Waals surface area contributed by atoms with Gasteiger partial charge in [-0.3, -0.25) is 9.79 Å². The van der Waals surface area contributed by atoms with Crippen LogP contribution in [0.15, 0.2) is 23.2 Å². The summed E-state index contributed by atoms with van der Waals surface area (Å²) in [7, 11) is 5.12. The van der Waals surface area contributed by atoms with E-state index in [0.717, 1.165) is 37.6 Å². The zero-order chi connectivity index (χ0) is 18.2. The molecule has 1 amide bonds. The SMILES string of the molecule is CN=C(NCc1ccc(OC)c(NC(C)=O)c1)N1CCC(COC)C1.I. The summed E-state index contributed by atoms with van der Waals surface area (Å²) in [5.41, 5.74) is 1.71. The Bertz CT molecular complexity index is 624. The van der Waals surface area contributed by atoms with Crippen LogP contribution in [0, 0.1) is 5.92 Å². The number of halogens is 1. The minimum atomic E-state index is -0.125. The Morgan fingerprint density at radius 2 is 2.15 bits per heavy atom. The molecule has 1 aliphatic heterocycles. The maximum absolute atomic E-state index is 11.3. The molecule has 2 N–H and O–H groups in total. The molecular formula is C18H29IN4O3. The van der Waals surface area contributed by atoms with E-state index in [1.807, 2.05) is 18.2 Å². The first-order chi connectivity index (χ1) is 12.1. The molecule has 26 heavy (non-hydrogen) atoms. The van der Waals surface area contributed by atoms with Gasteiger partial charge in [0.1, 0.15) is 5.75 Å². The average molecular weight is 476 g/mol. The maximum Gasteiger partial charge on any atom is 0.221 e. The first kappa shape index (κ1) is 22.5. The number of guanidine groups is 1. The van der Waals surface area contributed by atoms with Crippen LogP contribution in [-0.4, -0.2) is 57.7 Å². The highest BCUT2D eigenvalue weighted by Crippen LogP contribution is 2.25. The third kappa shape index (κ3) is 6.31. The number of ether oxygens (including phenoxy) is 2. The van der Waals surface area contributed by atoms with Crippen LogP contribution in [0.2, 0.25) is 0 Å². The number of nitrogens with one attached hydrogen (secondary N) is 2. The van der Waals surface area contributed by atoms with Gasteiger partial charge in [0.25, 0.3) is 0 Å². The van der Waals surface area contributed by atoms with Crippen molar-refractivity contribution < 1.29 is 14.3 Å². The molecule has 1 aromatic rings. The van der Waals surface area contributed by atoms with Gasteiger partial charge >= 0.3 is 0 Å². The zero-order valence-corrected chi connectivity index (χ0v) is 18.2. The highest BCUT2D eigenvalue weighted by Gasteiger charge is 2.24. The number of amides is 1. The van der Waals surface area contributed by atoms with Crippen molar-refractivity contribution >= 4 is 41.5 Å². The van der Waals surface area contributed by atoms with Gasteiger partial charge in [0.2, 0.25) is 5.91 Å². The van der Waals surface area contributed by atoms with E-state index in [1.165, 1.54) is 6.92 Å². The van der Waals surface area contributed by atoms with E-state index in [0.29, 0.717) is 23.9 Å². The monoisotopic (exact) mass is 476 g/mol. The second-order valence-corrected chi connectivity index (χ2v) is 6.17. The number of hydrogen-bond acceptors (Lipinski definition) is 4. The summed E-state index contributed by atoms with van der Waals surface area (Å²) in [4.78, 5) is 18.0. The highest BCUT2D eigenvalue weighted by molar-refractivity contribution is 14.0. The van der Waals surface area contributed by atoms with E-state index in [2.05, 4.69) is 20.5 Å². The number of methoxy groups -OCH3 is 2. The Morgan fingerprint density at radius 3 is 2.77 bits per heavy atom. The topological polar surface area (TPSA) is 75.2 Å². The summed E-state index contributed by atoms with van der Waals surface area (Å²) in [6, 6.07) is 5.75. The molecule has 0 aromatic heterocycles. The lowest BCUT2D eigenvalue weighted by atomic mass is 10.1. The Balaban J connectivity index is 0.00000338. The van der Waals surface area contributed by atoms with E-state index in [-0.39, 0.29) is 29.9 Å². The summed E-state index contributed by atoms with van der Waals surface area (Å²) in [5, 5.41) is 6.18. The third-order valence-corrected chi connectivity index (χ3v) is 4.22. The van der Waals surface area contributed by atoms with Gasteiger partial charge in [0, 0.05) is 46.6 Å². The van der Waals surface area contributed by atoms with Gasteiger partial charge in [-0.25, -0.2) is 0 Å². The predicted octanol–water partition coefficient (Wildman–Crippen LogP) is 2.32. The smallest absolute Gasteiger partial charge is 0.221 e. The summed E-state index contributed by atoms with van der Waals surface area (Å²) in [6.45, 7) is 4.82. The molecule has 0 spiro atoms. The minimum Gasteiger partial charge on any atom is -0.495 e. The molecule has 7 nitrogen and oxygen atoms in total. The molecule has 1 saturated heterocycles. The molecule has 1 heterocycles. The van der Waals surface area contributed by atoms with Crippen molar-refractivity contribution in [3.8, 4) is 5.75 Å². The molecule has 2 rings (SSSR count). The van der Waals surface area contributed by atoms with E-state index in [1.54, 1.807) is 21.3 Å². The summed E-state index contributed by atoms with van der Waals surface area (Å²) in [5.74, 6) is 1.96. The summed E-state index contributed by atoms with van der Waals surface area (Å²) < 4.78 is 10.5. The van der Waals surface area contributed by atoms with Gasteiger partial charge in [-0.15, -0.1) is 24.0 Å². The normalized spacial score (nSPS) is 16.8. The predicted molar refractivity (Wildman–Crippen MR) is 114 cm³/mol. The van der Waals surface area contributed by atoms with Crippen LogP contribution >= 0.6 is 24.0 Å². The van der Waals surface area contributed by atoms with E-state index in [4.69, 9.17) is 9.47 Å². The summed E-state index contributed by atoms with van der Waals surface area (Å²) >= 11 is 0. The lowest BCUT2D eigenvalue weighted by Gasteiger charge is -2.22. The fourth-order valence-corrected chi connectivity index (χ4v) is 3.06. The summed E-state index contributed by atoms with van der Waals surface area (Å²) in [6.07, 6.45) is 1.11. The molecule has 1 unspecified atom stereocenters. The van der Waals surface area contributed by atoms with Gasteiger partial charge in [0.15, 0.2) is 5.96 Å². The van der Waals surface area contributed by atoms with Crippen molar-refractivity contribution in [2.75, 3.05) is 46.3 Å². The van der Waals surface area contributed by atoms with Crippen molar-refractivity contribution in [2.45, 2.75) is 19.9 Å². The van der Waals surface area contributed by atoms with E-state index in [9.17, 15) is 4.79 Å². The fourth-order valence-electron chi connectivity index (χ4n) is 3.06. The number of likely N-dealkylation sites (tertiary alicyclic amines) is 1. The van der Waals surface area contributed by atoms with Crippen LogP contribution < -0.4 is 15.4 Å². The van der Waals surface area contributed by atoms with Gasteiger partial charge < -0.3 is 25.0 Å². The number of rotatable bonds is 6. The molecule has 0 aliphatic carbocycles. The van der Waals surface area contributed by atoms with Gasteiger partial charge in [-0.2, -0.15) is 0 Å². The second kappa shape index (κ2) is 11.2. The molecule has 146 valence electrons. The lowest BCUT2D eigenvalue weighted by Crippen LogP contribution is -2.39. The average Bonchev–Trinajstić information content (AvgIpc) is 3.04. The maximum atomic E-state index is 11.3. The Hall–Kier alpha value is -1.55. The van der Waals surface area contributed by atoms with Crippen LogP contribution in [0.3, 0.4) is 0 Å². The van der Waals surface area contributed by atoms with Gasteiger partial charge in [-0.05, 0) is 24.1 Å². The number of nitrogens with zero attached hydrogens (tertiary/aromatic N) is 2. The van der Waals surface area contributed by atoms with Crippen molar-refractivity contribution in [1.82, 2.24) is 10.2 Å². The Morgan fingerprint density at radius 1 is 1.38 bits per heavy atom. The van der Waals surface area contributed by atoms with Crippen LogP contribution in [0.5, 0.6) is 5.75 Å². The molecule has 8 heteroatoms. The second-order valence-electron chi connectivity index (χ2n) is 6.17. The number of anilines is 1. The largest absolute Gasteiger partial charge is 0.495 e. The molecule has 1 fully saturated rings. The fraction of sp³-hybridized carbons (Fsp3) is 0.556. The van der Waals surface area contributed by atoms with Crippen molar-refractivity contribution in [1.29, 1.82) is 0 Å².